The smallest absolute Gasteiger partial charge is 0.0659 e. The second-order valence-electron chi connectivity index (χ2n) is 4.23. The van der Waals surface area contributed by atoms with E-state index in [9.17, 15) is 5.11 Å². The van der Waals surface area contributed by atoms with Gasteiger partial charge in [-0.2, -0.15) is 0 Å². The molecule has 0 radical (unpaired) electrons. The number of benzene rings is 1. The lowest BCUT2D eigenvalue weighted by atomic mass is 9.99. The lowest BCUT2D eigenvalue weighted by Gasteiger charge is -2.32. The summed E-state index contributed by atoms with van der Waals surface area (Å²) in [6, 6.07) is 10.1. The van der Waals surface area contributed by atoms with Crippen LogP contribution in [0.4, 0.5) is 0 Å². The van der Waals surface area contributed by atoms with Gasteiger partial charge in [0, 0.05) is 16.2 Å². The van der Waals surface area contributed by atoms with Crippen LogP contribution in [0, 0.1) is 0 Å². The van der Waals surface area contributed by atoms with Gasteiger partial charge in [-0.1, -0.05) is 18.2 Å². The van der Waals surface area contributed by atoms with E-state index in [1.165, 1.54) is 0 Å². The Balaban J connectivity index is 2.71. The molecule has 0 aromatic heterocycles. The second-order valence-corrected chi connectivity index (χ2v) is 5.84. The quantitative estimate of drug-likeness (QED) is 0.751. The predicted molar refractivity (Wildman–Crippen MR) is 68.7 cm³/mol. The van der Waals surface area contributed by atoms with Crippen LogP contribution in [0.5, 0.6) is 0 Å². The van der Waals surface area contributed by atoms with E-state index >= 15 is 0 Å². The monoisotopic (exact) mass is 240 g/mol. The summed E-state index contributed by atoms with van der Waals surface area (Å²) in [4.78, 5) is 1.16. The van der Waals surface area contributed by atoms with Crippen LogP contribution < -0.4 is 0 Å². The van der Waals surface area contributed by atoms with Crippen LogP contribution in [-0.4, -0.2) is 27.7 Å². The Morgan fingerprint density at radius 2 is 1.94 bits per heavy atom. The summed E-state index contributed by atoms with van der Waals surface area (Å²) < 4.78 is -0.232. The van der Waals surface area contributed by atoms with Crippen LogP contribution in [0.25, 0.3) is 0 Å². The molecule has 1 rings (SSSR count). The maximum Gasteiger partial charge on any atom is 0.0659 e. The molecule has 16 heavy (non-hydrogen) atoms. The van der Waals surface area contributed by atoms with E-state index in [1.54, 1.807) is 11.8 Å². The van der Waals surface area contributed by atoms with Crippen LogP contribution in [-0.2, 0) is 0 Å². The lowest BCUT2D eigenvalue weighted by molar-refractivity contribution is 0.143. The SMILES string of the molecule is CC(O)C(C)(CCCO)Sc1ccccc1. The molecular formula is C13H20O2S. The van der Waals surface area contributed by atoms with E-state index in [4.69, 9.17) is 5.11 Å². The number of thioether (sulfide) groups is 1. The molecule has 2 nitrogen and oxygen atoms in total. The Morgan fingerprint density at radius 3 is 2.44 bits per heavy atom. The average molecular weight is 240 g/mol. The van der Waals surface area contributed by atoms with Gasteiger partial charge in [-0.15, -0.1) is 11.8 Å². The van der Waals surface area contributed by atoms with Crippen molar-refractivity contribution >= 4 is 11.8 Å². The Labute approximate surface area is 102 Å². The van der Waals surface area contributed by atoms with Gasteiger partial charge in [-0.25, -0.2) is 0 Å². The summed E-state index contributed by atoms with van der Waals surface area (Å²) in [7, 11) is 0. The van der Waals surface area contributed by atoms with Crippen LogP contribution in [0.3, 0.4) is 0 Å². The fraction of sp³-hybridized carbons (Fsp3) is 0.538. The fourth-order valence-corrected chi connectivity index (χ4v) is 2.78. The third-order valence-electron chi connectivity index (χ3n) is 2.81. The van der Waals surface area contributed by atoms with Gasteiger partial charge in [-0.05, 0) is 38.8 Å². The van der Waals surface area contributed by atoms with Gasteiger partial charge in [0.1, 0.15) is 0 Å². The zero-order chi connectivity index (χ0) is 12.0. The van der Waals surface area contributed by atoms with Gasteiger partial charge < -0.3 is 10.2 Å². The van der Waals surface area contributed by atoms with Crippen molar-refractivity contribution in [1.29, 1.82) is 0 Å². The number of aliphatic hydroxyl groups excluding tert-OH is 2. The van der Waals surface area contributed by atoms with Crippen molar-refractivity contribution in [2.24, 2.45) is 0 Å². The average Bonchev–Trinajstić information content (AvgIpc) is 2.27. The fourth-order valence-electron chi connectivity index (χ4n) is 1.53. The van der Waals surface area contributed by atoms with Crippen molar-refractivity contribution in [2.45, 2.75) is 42.4 Å². The van der Waals surface area contributed by atoms with Crippen molar-refractivity contribution in [3.8, 4) is 0 Å². The lowest BCUT2D eigenvalue weighted by Crippen LogP contribution is -2.33. The van der Waals surface area contributed by atoms with Gasteiger partial charge in [-0.3, -0.25) is 0 Å². The summed E-state index contributed by atoms with van der Waals surface area (Å²) in [5, 5.41) is 18.7. The van der Waals surface area contributed by atoms with Gasteiger partial charge in [0.15, 0.2) is 0 Å². The molecule has 1 aromatic rings. The summed E-state index contributed by atoms with van der Waals surface area (Å²) >= 11 is 1.68. The molecule has 0 aliphatic rings. The van der Waals surface area contributed by atoms with Crippen LogP contribution in [0.1, 0.15) is 26.7 Å². The molecule has 0 aliphatic carbocycles. The standard InChI is InChI=1S/C13H20O2S/c1-11(15)13(2,9-6-10-14)16-12-7-4-3-5-8-12/h3-5,7-8,11,14-15H,6,9-10H2,1-2H3. The van der Waals surface area contributed by atoms with Gasteiger partial charge in [0.25, 0.3) is 0 Å². The van der Waals surface area contributed by atoms with E-state index in [0.717, 1.165) is 17.7 Å². The van der Waals surface area contributed by atoms with Gasteiger partial charge in [0.2, 0.25) is 0 Å². The highest BCUT2D eigenvalue weighted by Gasteiger charge is 2.30. The third-order valence-corrected chi connectivity index (χ3v) is 4.33. The number of hydrogen-bond acceptors (Lipinski definition) is 3. The Bertz CT molecular complexity index is 300. The number of hydrogen-bond donors (Lipinski definition) is 2. The summed E-state index contributed by atoms with van der Waals surface area (Å²) in [6.07, 6.45) is 1.13. The van der Waals surface area contributed by atoms with E-state index < -0.39 is 6.10 Å². The minimum absolute atomic E-state index is 0.178. The second kappa shape index (κ2) is 6.28. The molecule has 0 heterocycles. The van der Waals surface area contributed by atoms with Crippen molar-refractivity contribution in [2.75, 3.05) is 6.61 Å². The van der Waals surface area contributed by atoms with Crippen LogP contribution in [0.2, 0.25) is 0 Å². The first-order chi connectivity index (χ1) is 7.58. The maximum absolute atomic E-state index is 9.86. The minimum Gasteiger partial charge on any atom is -0.396 e. The molecule has 0 spiro atoms. The number of rotatable bonds is 6. The Hall–Kier alpha value is -0.510. The molecule has 0 amide bonds. The van der Waals surface area contributed by atoms with Crippen molar-refractivity contribution < 1.29 is 10.2 Å². The van der Waals surface area contributed by atoms with Crippen molar-refractivity contribution in [1.82, 2.24) is 0 Å². The molecule has 0 saturated carbocycles. The first-order valence-electron chi connectivity index (χ1n) is 5.61. The molecule has 0 aliphatic heterocycles. The molecule has 3 heteroatoms. The highest BCUT2D eigenvalue weighted by atomic mass is 32.2. The summed E-state index contributed by atoms with van der Waals surface area (Å²) in [6.45, 7) is 4.04. The molecule has 1 aromatic carbocycles. The van der Waals surface area contributed by atoms with E-state index in [0.29, 0.717) is 0 Å². The first-order valence-corrected chi connectivity index (χ1v) is 6.43. The Morgan fingerprint density at radius 1 is 1.31 bits per heavy atom. The highest BCUT2D eigenvalue weighted by molar-refractivity contribution is 8.00. The van der Waals surface area contributed by atoms with Crippen LogP contribution in [0.15, 0.2) is 35.2 Å². The molecule has 0 bridgehead atoms. The molecule has 2 atom stereocenters. The van der Waals surface area contributed by atoms with E-state index in [-0.39, 0.29) is 11.4 Å². The van der Waals surface area contributed by atoms with Crippen LogP contribution >= 0.6 is 11.8 Å². The predicted octanol–water partition coefficient (Wildman–Crippen LogP) is 2.69. The maximum atomic E-state index is 9.86. The third kappa shape index (κ3) is 3.81. The first kappa shape index (κ1) is 13.6. The molecule has 0 fully saturated rings. The zero-order valence-electron chi connectivity index (χ0n) is 9.89. The van der Waals surface area contributed by atoms with E-state index in [1.807, 2.05) is 44.2 Å². The molecule has 2 N–H and O–H groups in total. The van der Waals surface area contributed by atoms with Gasteiger partial charge in [0.05, 0.1) is 6.10 Å². The normalized spacial score (nSPS) is 16.8. The topological polar surface area (TPSA) is 40.5 Å². The van der Waals surface area contributed by atoms with Crippen molar-refractivity contribution in [3.63, 3.8) is 0 Å². The molecular weight excluding hydrogens is 220 g/mol. The van der Waals surface area contributed by atoms with Gasteiger partial charge >= 0.3 is 0 Å². The molecule has 90 valence electrons. The zero-order valence-corrected chi connectivity index (χ0v) is 10.7. The highest BCUT2D eigenvalue weighted by Crippen LogP contribution is 2.38. The number of aliphatic hydroxyl groups is 2. The van der Waals surface area contributed by atoms with E-state index in [2.05, 4.69) is 0 Å². The Kier molecular flexibility index (Phi) is 5.32. The largest absolute Gasteiger partial charge is 0.396 e. The van der Waals surface area contributed by atoms with Crippen molar-refractivity contribution in [3.05, 3.63) is 30.3 Å². The summed E-state index contributed by atoms with van der Waals surface area (Å²) in [5.74, 6) is 0. The molecule has 0 saturated heterocycles. The minimum atomic E-state index is -0.399. The molecule has 2 unspecified atom stereocenters. The summed E-state index contributed by atoms with van der Waals surface area (Å²) in [5.41, 5.74) is 0.